The van der Waals surface area contributed by atoms with Crippen molar-refractivity contribution in [1.82, 2.24) is 14.2 Å². The lowest BCUT2D eigenvalue weighted by Crippen LogP contribution is -2.29. The quantitative estimate of drug-likeness (QED) is 0.107. The number of aromatic nitrogens is 3. The third-order valence-corrected chi connectivity index (χ3v) is 7.40. The molecule has 214 valence electrons. The van der Waals surface area contributed by atoms with Crippen LogP contribution in [0.5, 0.6) is 5.75 Å². The number of hydrogen-bond acceptors (Lipinski definition) is 6. The molecule has 5 rings (SSSR count). The molecule has 9 nitrogen and oxygen atoms in total. The lowest BCUT2D eigenvalue weighted by molar-refractivity contribution is -0.384. The van der Waals surface area contributed by atoms with Gasteiger partial charge in [-0.1, -0.05) is 36.7 Å². The summed E-state index contributed by atoms with van der Waals surface area (Å²) in [5.41, 5.74) is 4.72. The van der Waals surface area contributed by atoms with Crippen molar-refractivity contribution in [2.75, 3.05) is 0 Å². The third-order valence-electron chi connectivity index (χ3n) is 6.91. The van der Waals surface area contributed by atoms with Crippen LogP contribution in [0.3, 0.4) is 0 Å². The van der Waals surface area contributed by atoms with E-state index in [1.807, 2.05) is 77.1 Å². The SMILES string of the molecule is Cc1cc(C=Nn2c(C(C)(C)C)nc3ccc(Br)cc3c2=O)c(C)n1-c1ccc(OCc2ccc([N+](=O)[O-])cc2)cc1. The zero-order chi connectivity index (χ0) is 30.2. The normalized spacial score (nSPS) is 11.9. The number of nitrogens with zero attached hydrogens (tertiary/aromatic N) is 5. The van der Waals surface area contributed by atoms with Crippen molar-refractivity contribution in [3.05, 3.63) is 126 Å². The summed E-state index contributed by atoms with van der Waals surface area (Å²) in [6, 6.07) is 21.6. The van der Waals surface area contributed by atoms with Gasteiger partial charge in [-0.05, 0) is 80.1 Å². The van der Waals surface area contributed by atoms with Crippen molar-refractivity contribution in [3.63, 3.8) is 0 Å². The summed E-state index contributed by atoms with van der Waals surface area (Å²) in [5, 5.41) is 16.0. The first-order chi connectivity index (χ1) is 19.9. The molecule has 0 amide bonds. The molecular weight excluding hydrogens is 598 g/mol. The van der Waals surface area contributed by atoms with Gasteiger partial charge >= 0.3 is 0 Å². The molecule has 0 bridgehead atoms. The van der Waals surface area contributed by atoms with E-state index in [1.54, 1.807) is 24.4 Å². The largest absolute Gasteiger partial charge is 0.489 e. The molecule has 0 atom stereocenters. The molecule has 0 N–H and O–H groups in total. The van der Waals surface area contributed by atoms with Crippen LogP contribution in [-0.4, -0.2) is 25.4 Å². The molecule has 0 saturated carbocycles. The molecule has 0 radical (unpaired) electrons. The minimum absolute atomic E-state index is 0.0499. The van der Waals surface area contributed by atoms with E-state index in [2.05, 4.69) is 25.6 Å². The van der Waals surface area contributed by atoms with Gasteiger partial charge in [0.25, 0.3) is 11.2 Å². The van der Waals surface area contributed by atoms with Gasteiger partial charge in [-0.2, -0.15) is 9.78 Å². The standard InChI is InChI=1S/C32H30BrN5O4/c1-20-16-23(18-34-37-30(39)28-17-24(33)8-15-29(28)35-31(37)32(3,4)5)21(2)36(20)25-11-13-27(14-12-25)42-19-22-6-9-26(10-7-22)38(40)41/h6-18H,19H2,1-5H3. The molecule has 0 saturated heterocycles. The number of fused-ring (bicyclic) bond motifs is 1. The molecule has 42 heavy (non-hydrogen) atoms. The smallest absolute Gasteiger partial charge is 0.282 e. The Hall–Kier alpha value is -4.57. The van der Waals surface area contributed by atoms with Crippen LogP contribution in [0, 0.1) is 24.0 Å². The number of hydrogen-bond donors (Lipinski definition) is 0. The van der Waals surface area contributed by atoms with E-state index in [4.69, 9.17) is 9.72 Å². The highest BCUT2D eigenvalue weighted by Crippen LogP contribution is 2.25. The number of non-ortho nitro benzene ring substituents is 1. The molecule has 0 spiro atoms. The maximum atomic E-state index is 13.5. The van der Waals surface area contributed by atoms with E-state index in [-0.39, 0.29) is 11.2 Å². The van der Waals surface area contributed by atoms with Crippen molar-refractivity contribution < 1.29 is 9.66 Å². The predicted molar refractivity (Wildman–Crippen MR) is 168 cm³/mol. The average Bonchev–Trinajstić information content (AvgIpc) is 3.23. The summed E-state index contributed by atoms with van der Waals surface area (Å²) in [5.74, 6) is 1.27. The summed E-state index contributed by atoms with van der Waals surface area (Å²) in [4.78, 5) is 28.7. The molecule has 0 unspecified atom stereocenters. The highest BCUT2D eigenvalue weighted by molar-refractivity contribution is 9.10. The number of benzene rings is 3. The van der Waals surface area contributed by atoms with Gasteiger partial charge in [0.1, 0.15) is 18.2 Å². The second-order valence-electron chi connectivity index (χ2n) is 11.1. The van der Waals surface area contributed by atoms with Gasteiger partial charge in [0, 0.05) is 44.7 Å². The maximum absolute atomic E-state index is 13.5. The summed E-state index contributed by atoms with van der Waals surface area (Å²) in [6.45, 7) is 10.4. The van der Waals surface area contributed by atoms with Crippen LogP contribution in [0.4, 0.5) is 5.69 Å². The van der Waals surface area contributed by atoms with Crippen molar-refractivity contribution in [2.24, 2.45) is 5.10 Å². The van der Waals surface area contributed by atoms with Gasteiger partial charge in [-0.3, -0.25) is 14.9 Å². The van der Waals surface area contributed by atoms with E-state index in [0.717, 1.165) is 32.7 Å². The Bertz CT molecular complexity index is 1880. The first-order valence-electron chi connectivity index (χ1n) is 13.3. The number of halogens is 1. The summed E-state index contributed by atoms with van der Waals surface area (Å²) >= 11 is 3.45. The number of nitro benzene ring substituents is 1. The van der Waals surface area contributed by atoms with Crippen molar-refractivity contribution in [1.29, 1.82) is 0 Å². The topological polar surface area (TPSA) is 105 Å². The van der Waals surface area contributed by atoms with Crippen molar-refractivity contribution >= 4 is 38.7 Å². The highest BCUT2D eigenvalue weighted by atomic mass is 79.9. The Morgan fingerprint density at radius 3 is 2.36 bits per heavy atom. The fraction of sp³-hybridized carbons (Fsp3) is 0.219. The van der Waals surface area contributed by atoms with Crippen LogP contribution >= 0.6 is 15.9 Å². The highest BCUT2D eigenvalue weighted by Gasteiger charge is 2.23. The molecule has 0 aliphatic rings. The van der Waals surface area contributed by atoms with Crippen LogP contribution in [0.15, 0.2) is 87.2 Å². The lowest BCUT2D eigenvalue weighted by atomic mass is 9.95. The first-order valence-corrected chi connectivity index (χ1v) is 14.1. The van der Waals surface area contributed by atoms with E-state index in [1.165, 1.54) is 16.8 Å². The van der Waals surface area contributed by atoms with E-state index in [0.29, 0.717) is 29.1 Å². The minimum atomic E-state index is -0.422. The van der Waals surface area contributed by atoms with Crippen LogP contribution in [0.25, 0.3) is 16.6 Å². The van der Waals surface area contributed by atoms with Crippen LogP contribution < -0.4 is 10.3 Å². The number of ether oxygens (including phenoxy) is 1. The third kappa shape index (κ3) is 5.89. The van der Waals surface area contributed by atoms with Crippen molar-refractivity contribution in [3.8, 4) is 11.4 Å². The van der Waals surface area contributed by atoms with Gasteiger partial charge in [0.2, 0.25) is 0 Å². The second kappa shape index (κ2) is 11.4. The second-order valence-corrected chi connectivity index (χ2v) is 12.0. The van der Waals surface area contributed by atoms with Gasteiger partial charge in [-0.25, -0.2) is 4.98 Å². The first kappa shape index (κ1) is 28.9. The van der Waals surface area contributed by atoms with E-state index >= 15 is 0 Å². The number of nitro groups is 1. The van der Waals surface area contributed by atoms with E-state index < -0.39 is 10.3 Å². The molecule has 2 heterocycles. The van der Waals surface area contributed by atoms with Gasteiger partial charge in [-0.15, -0.1) is 0 Å². The van der Waals surface area contributed by atoms with Crippen LogP contribution in [0.1, 0.15) is 49.1 Å². The fourth-order valence-electron chi connectivity index (χ4n) is 4.75. The fourth-order valence-corrected chi connectivity index (χ4v) is 5.11. The predicted octanol–water partition coefficient (Wildman–Crippen LogP) is 7.23. The van der Waals surface area contributed by atoms with Gasteiger partial charge < -0.3 is 9.30 Å². The minimum Gasteiger partial charge on any atom is -0.489 e. The average molecular weight is 629 g/mol. The Morgan fingerprint density at radius 1 is 1.02 bits per heavy atom. The summed E-state index contributed by atoms with van der Waals surface area (Å²) in [7, 11) is 0. The Morgan fingerprint density at radius 2 is 1.71 bits per heavy atom. The Kier molecular flexibility index (Phi) is 7.83. The van der Waals surface area contributed by atoms with Crippen LogP contribution in [0.2, 0.25) is 0 Å². The molecule has 2 aromatic heterocycles. The molecule has 5 aromatic rings. The number of aryl methyl sites for hydroxylation is 1. The zero-order valence-electron chi connectivity index (χ0n) is 24.0. The molecule has 3 aromatic carbocycles. The monoisotopic (exact) mass is 627 g/mol. The van der Waals surface area contributed by atoms with Crippen molar-refractivity contribution in [2.45, 2.75) is 46.6 Å². The molecule has 0 aliphatic carbocycles. The zero-order valence-corrected chi connectivity index (χ0v) is 25.5. The van der Waals surface area contributed by atoms with Crippen LogP contribution in [-0.2, 0) is 12.0 Å². The summed E-state index contributed by atoms with van der Waals surface area (Å²) < 4.78 is 10.2. The molecule has 10 heteroatoms. The van der Waals surface area contributed by atoms with Gasteiger partial charge in [0.05, 0.1) is 22.0 Å². The summed E-state index contributed by atoms with van der Waals surface area (Å²) in [6.07, 6.45) is 1.71. The molecule has 0 fully saturated rings. The maximum Gasteiger partial charge on any atom is 0.282 e. The Labute approximate surface area is 251 Å². The molecular formula is C32H30BrN5O4. The molecule has 0 aliphatic heterocycles. The van der Waals surface area contributed by atoms with Gasteiger partial charge in [0.15, 0.2) is 0 Å². The van der Waals surface area contributed by atoms with E-state index in [9.17, 15) is 14.9 Å². The Balaban J connectivity index is 1.40. The lowest BCUT2D eigenvalue weighted by Gasteiger charge is -2.20. The number of rotatable bonds is 7.